The molecule has 9 heteroatoms. The summed E-state index contributed by atoms with van der Waals surface area (Å²) in [6.07, 6.45) is 62.0. The highest BCUT2D eigenvalue weighted by atomic mass is 16.7. The topological polar surface area (TPSA) is 149 Å². The van der Waals surface area contributed by atoms with E-state index in [-0.39, 0.29) is 18.9 Å². The van der Waals surface area contributed by atoms with Crippen molar-refractivity contribution in [3.8, 4) is 0 Å². The molecule has 7 unspecified atom stereocenters. The number of hydrogen-bond donors (Lipinski definition) is 6. The second kappa shape index (κ2) is 47.8. The van der Waals surface area contributed by atoms with Crippen LogP contribution in [0.3, 0.4) is 0 Å². The van der Waals surface area contributed by atoms with Gasteiger partial charge < -0.3 is 40.3 Å². The third kappa shape index (κ3) is 37.0. The highest BCUT2D eigenvalue weighted by molar-refractivity contribution is 5.76. The van der Waals surface area contributed by atoms with Gasteiger partial charge >= 0.3 is 0 Å². The summed E-state index contributed by atoms with van der Waals surface area (Å²) < 4.78 is 11.2. The molecule has 1 saturated heterocycles. The van der Waals surface area contributed by atoms with E-state index in [4.69, 9.17) is 9.47 Å². The van der Waals surface area contributed by atoms with E-state index in [1.54, 1.807) is 6.08 Å². The summed E-state index contributed by atoms with van der Waals surface area (Å²) >= 11 is 0. The number of nitrogens with one attached hydrogen (secondary N) is 1. The normalized spacial score (nSPS) is 20.4. The first-order valence-corrected chi connectivity index (χ1v) is 27.5. The van der Waals surface area contributed by atoms with Gasteiger partial charge in [-0.2, -0.15) is 0 Å². The van der Waals surface area contributed by atoms with Gasteiger partial charge in [0.1, 0.15) is 24.4 Å². The summed E-state index contributed by atoms with van der Waals surface area (Å²) in [5.41, 5.74) is 0. The monoisotopic (exact) mass is 952 g/mol. The Bertz CT molecular complexity index is 1380. The molecule has 1 aliphatic rings. The van der Waals surface area contributed by atoms with Gasteiger partial charge in [-0.1, -0.05) is 220 Å². The molecule has 6 N–H and O–H groups in total. The Morgan fingerprint density at radius 2 is 0.926 bits per heavy atom. The summed E-state index contributed by atoms with van der Waals surface area (Å²) in [7, 11) is 0. The van der Waals surface area contributed by atoms with E-state index in [0.717, 1.165) is 64.2 Å². The summed E-state index contributed by atoms with van der Waals surface area (Å²) in [5, 5.41) is 54.3. The Labute approximate surface area is 415 Å². The molecule has 9 nitrogen and oxygen atoms in total. The molecule has 7 atom stereocenters. The average molecular weight is 952 g/mol. The fourth-order valence-electron chi connectivity index (χ4n) is 8.05. The van der Waals surface area contributed by atoms with Crippen molar-refractivity contribution in [2.24, 2.45) is 0 Å². The smallest absolute Gasteiger partial charge is 0.220 e. The quantitative estimate of drug-likeness (QED) is 0.0261. The molecule has 0 aliphatic carbocycles. The second-order valence-corrected chi connectivity index (χ2v) is 18.6. The molecule has 390 valence electrons. The molecule has 1 fully saturated rings. The lowest BCUT2D eigenvalue weighted by molar-refractivity contribution is -0.302. The van der Waals surface area contributed by atoms with Gasteiger partial charge in [0.15, 0.2) is 6.29 Å². The lowest BCUT2D eigenvalue weighted by Crippen LogP contribution is -2.60. The van der Waals surface area contributed by atoms with E-state index < -0.39 is 49.5 Å². The molecule has 1 aliphatic heterocycles. The van der Waals surface area contributed by atoms with Crippen LogP contribution in [0.25, 0.3) is 0 Å². The lowest BCUT2D eigenvalue weighted by Gasteiger charge is -2.40. The Hall–Kier alpha value is -2.89. The molecule has 1 amide bonds. The van der Waals surface area contributed by atoms with Crippen molar-refractivity contribution in [3.05, 3.63) is 97.2 Å². The maximum Gasteiger partial charge on any atom is 0.220 e. The molecule has 0 spiro atoms. The molecule has 0 aromatic heterocycles. The van der Waals surface area contributed by atoms with Crippen LogP contribution in [0.2, 0.25) is 0 Å². The van der Waals surface area contributed by atoms with E-state index in [9.17, 15) is 30.3 Å². The number of rotatable bonds is 45. The molecule has 68 heavy (non-hydrogen) atoms. The number of unbranched alkanes of at least 4 members (excludes halogenated alkanes) is 21. The number of ether oxygens (including phenoxy) is 2. The van der Waals surface area contributed by atoms with Crippen LogP contribution in [0.15, 0.2) is 97.2 Å². The number of aliphatic hydroxyl groups excluding tert-OH is 5. The lowest BCUT2D eigenvalue weighted by atomic mass is 9.99. The van der Waals surface area contributed by atoms with E-state index in [1.165, 1.54) is 116 Å². The van der Waals surface area contributed by atoms with Crippen LogP contribution in [0.5, 0.6) is 0 Å². The molecule has 0 saturated carbocycles. The van der Waals surface area contributed by atoms with Crippen LogP contribution in [0, 0.1) is 0 Å². The van der Waals surface area contributed by atoms with Crippen molar-refractivity contribution in [1.82, 2.24) is 5.32 Å². The van der Waals surface area contributed by atoms with Gasteiger partial charge in [-0.3, -0.25) is 4.79 Å². The van der Waals surface area contributed by atoms with Gasteiger partial charge in [0.05, 0.1) is 25.4 Å². The fraction of sp³-hybridized carbons (Fsp3) is 0.712. The predicted molar refractivity (Wildman–Crippen MR) is 285 cm³/mol. The van der Waals surface area contributed by atoms with Crippen LogP contribution < -0.4 is 5.32 Å². The molecule has 1 rings (SSSR count). The van der Waals surface area contributed by atoms with Crippen LogP contribution in [0.4, 0.5) is 0 Å². The number of carbonyl (C=O) groups is 1. The van der Waals surface area contributed by atoms with Crippen LogP contribution in [0.1, 0.15) is 213 Å². The van der Waals surface area contributed by atoms with Crippen molar-refractivity contribution < 1.29 is 39.8 Å². The van der Waals surface area contributed by atoms with E-state index in [1.807, 2.05) is 6.08 Å². The van der Waals surface area contributed by atoms with Gasteiger partial charge in [0.2, 0.25) is 5.91 Å². The highest BCUT2D eigenvalue weighted by Gasteiger charge is 2.44. The summed E-state index contributed by atoms with van der Waals surface area (Å²) in [6.45, 7) is 3.61. The maximum atomic E-state index is 13.0. The molecular formula is C59H101NO8. The first kappa shape index (κ1) is 63.1. The Balaban J connectivity index is 2.31. The van der Waals surface area contributed by atoms with Gasteiger partial charge in [-0.05, 0) is 83.5 Å². The first-order valence-electron chi connectivity index (χ1n) is 27.5. The SMILES string of the molecule is CC/C=C\C/C=C\C/C=C\C/C=C\C/C=C\CCCC(=O)NC(COC1OC(CO)C(O)C(O)C1O)C(O)/C=C/CC/C=C/CC/C=C/CCCCCCCCCCCCCCCCCCCC. The predicted octanol–water partition coefficient (Wildman–Crippen LogP) is 13.2. The average Bonchev–Trinajstić information content (AvgIpc) is 3.34. The van der Waals surface area contributed by atoms with Gasteiger partial charge in [-0.15, -0.1) is 0 Å². The minimum atomic E-state index is -1.59. The summed E-state index contributed by atoms with van der Waals surface area (Å²) in [6, 6.07) is -0.865. The Morgan fingerprint density at radius 1 is 0.515 bits per heavy atom. The zero-order valence-electron chi connectivity index (χ0n) is 43.1. The zero-order chi connectivity index (χ0) is 49.4. The van der Waals surface area contributed by atoms with Gasteiger partial charge in [0, 0.05) is 6.42 Å². The highest BCUT2D eigenvalue weighted by Crippen LogP contribution is 2.23. The fourth-order valence-corrected chi connectivity index (χ4v) is 8.05. The van der Waals surface area contributed by atoms with Crippen LogP contribution >= 0.6 is 0 Å². The van der Waals surface area contributed by atoms with Crippen molar-refractivity contribution in [1.29, 1.82) is 0 Å². The maximum absolute atomic E-state index is 13.0. The van der Waals surface area contributed by atoms with Crippen molar-refractivity contribution in [2.45, 2.75) is 256 Å². The van der Waals surface area contributed by atoms with Gasteiger partial charge in [-0.25, -0.2) is 0 Å². The Morgan fingerprint density at radius 3 is 1.41 bits per heavy atom. The van der Waals surface area contributed by atoms with E-state index in [0.29, 0.717) is 12.8 Å². The van der Waals surface area contributed by atoms with Crippen molar-refractivity contribution in [3.63, 3.8) is 0 Å². The van der Waals surface area contributed by atoms with Gasteiger partial charge in [0.25, 0.3) is 0 Å². The number of aliphatic hydroxyl groups is 5. The third-order valence-electron chi connectivity index (χ3n) is 12.4. The standard InChI is InChI=1S/C59H101NO8/c1-3-5-7-9-11-13-15-17-19-21-22-23-24-25-26-27-28-29-30-31-33-34-36-38-40-42-44-46-48-53(62)52(51-67-59-58(66)57(65)56(64)54(50-61)68-59)60-55(63)49-47-45-43-41-39-37-35-32-20-18-16-14-12-10-8-6-4-2/h6,8,12,14,18,20,31,33,35,37-38,40-41,43,46,48,52-54,56-59,61-62,64-66H,3-5,7,9-11,13,15-17,19,21-30,32,34,36,39,42,44-45,47,49-51H2,1-2H3,(H,60,63)/b8-6-,14-12-,20-18-,33-31+,37-35-,40-38+,43-41-,48-46+. The summed E-state index contributed by atoms with van der Waals surface area (Å²) in [5.74, 6) is -0.250. The molecule has 1 heterocycles. The van der Waals surface area contributed by atoms with E-state index >= 15 is 0 Å². The minimum Gasteiger partial charge on any atom is -0.394 e. The number of carbonyl (C=O) groups excluding carboxylic acids is 1. The molecule has 0 aromatic carbocycles. The van der Waals surface area contributed by atoms with Crippen LogP contribution in [-0.2, 0) is 14.3 Å². The van der Waals surface area contributed by atoms with E-state index in [2.05, 4.69) is 104 Å². The third-order valence-corrected chi connectivity index (χ3v) is 12.4. The largest absolute Gasteiger partial charge is 0.394 e. The molecular weight excluding hydrogens is 851 g/mol. The number of amides is 1. The second-order valence-electron chi connectivity index (χ2n) is 18.6. The first-order chi connectivity index (χ1) is 33.3. The molecule has 0 bridgehead atoms. The number of allylic oxidation sites excluding steroid dienone is 15. The number of hydrogen-bond acceptors (Lipinski definition) is 8. The molecule has 0 radical (unpaired) electrons. The van der Waals surface area contributed by atoms with Crippen LogP contribution in [-0.4, -0.2) is 87.5 Å². The zero-order valence-corrected chi connectivity index (χ0v) is 43.1. The Kier molecular flexibility index (Phi) is 44.3. The van der Waals surface area contributed by atoms with Crippen molar-refractivity contribution >= 4 is 5.91 Å². The molecule has 0 aromatic rings. The van der Waals surface area contributed by atoms with Crippen molar-refractivity contribution in [2.75, 3.05) is 13.2 Å². The minimum absolute atomic E-state index is 0.234. The summed E-state index contributed by atoms with van der Waals surface area (Å²) in [4.78, 5) is 13.0.